The van der Waals surface area contributed by atoms with Crippen LogP contribution in [0, 0.1) is 0 Å². The fourth-order valence-corrected chi connectivity index (χ4v) is 2.55. The minimum absolute atomic E-state index is 0. The summed E-state index contributed by atoms with van der Waals surface area (Å²) in [4.78, 5) is 12.1. The first-order valence-electron chi connectivity index (χ1n) is 6.56. The number of esters is 1. The third-order valence-corrected chi connectivity index (χ3v) is 3.96. The Morgan fingerprint density at radius 3 is 2.86 bits per heavy atom. The highest BCUT2D eigenvalue weighted by atomic mass is 35.5. The van der Waals surface area contributed by atoms with Gasteiger partial charge in [0, 0.05) is 12.5 Å². The van der Waals surface area contributed by atoms with Crippen molar-refractivity contribution in [2.75, 3.05) is 26.4 Å². The highest BCUT2D eigenvalue weighted by Gasteiger charge is 2.32. The number of carbonyl (C=O) groups excluding carboxylic acids is 1. The number of halogens is 3. The van der Waals surface area contributed by atoms with Gasteiger partial charge in [-0.15, -0.1) is 12.4 Å². The molecule has 0 aliphatic carbocycles. The van der Waals surface area contributed by atoms with Crippen LogP contribution in [0.3, 0.4) is 0 Å². The van der Waals surface area contributed by atoms with Crippen molar-refractivity contribution in [3.8, 4) is 0 Å². The first-order chi connectivity index (χ1) is 9.63. The Kier molecular flexibility index (Phi) is 7.77. The Morgan fingerprint density at radius 1 is 1.43 bits per heavy atom. The lowest BCUT2D eigenvalue weighted by Crippen LogP contribution is -2.43. The summed E-state index contributed by atoms with van der Waals surface area (Å²) >= 11 is 12.0. The van der Waals surface area contributed by atoms with Gasteiger partial charge in [-0.3, -0.25) is 4.79 Å². The number of nitrogens with one attached hydrogen (secondary N) is 1. The van der Waals surface area contributed by atoms with E-state index in [1.807, 2.05) is 6.07 Å². The molecular formula is C14H18Cl3NO3. The van der Waals surface area contributed by atoms with Crippen molar-refractivity contribution in [2.45, 2.75) is 18.9 Å². The van der Waals surface area contributed by atoms with Gasteiger partial charge in [-0.05, 0) is 24.6 Å². The van der Waals surface area contributed by atoms with Crippen molar-refractivity contribution in [3.05, 3.63) is 33.8 Å². The zero-order chi connectivity index (χ0) is 14.5. The molecule has 1 aliphatic heterocycles. The molecule has 1 N–H and O–H groups in total. The Hall–Kier alpha value is -0.520. The standard InChI is InChI=1S/C14H17Cl2NO3.ClH/c1-2-20-14(18)13-10(8-19-6-5-17-13)9-3-4-11(15)12(16)7-9;/h3-4,7,10,13,17H,2,5-6,8H2,1H3;1H. The molecule has 2 atom stereocenters. The van der Waals surface area contributed by atoms with E-state index >= 15 is 0 Å². The summed E-state index contributed by atoms with van der Waals surface area (Å²) in [6, 6.07) is 4.93. The van der Waals surface area contributed by atoms with Crippen LogP contribution < -0.4 is 5.32 Å². The second-order valence-corrected chi connectivity index (χ2v) is 5.35. The number of ether oxygens (including phenoxy) is 2. The molecule has 1 heterocycles. The maximum atomic E-state index is 12.1. The fraction of sp³-hybridized carbons (Fsp3) is 0.500. The molecule has 2 rings (SSSR count). The van der Waals surface area contributed by atoms with Crippen molar-refractivity contribution in [1.82, 2.24) is 5.32 Å². The van der Waals surface area contributed by atoms with Crippen molar-refractivity contribution < 1.29 is 14.3 Å². The molecule has 0 amide bonds. The molecule has 21 heavy (non-hydrogen) atoms. The van der Waals surface area contributed by atoms with Gasteiger partial charge in [0.25, 0.3) is 0 Å². The van der Waals surface area contributed by atoms with Gasteiger partial charge in [0.1, 0.15) is 6.04 Å². The number of benzene rings is 1. The zero-order valence-electron chi connectivity index (χ0n) is 11.6. The number of carbonyl (C=O) groups is 1. The molecule has 7 heteroatoms. The van der Waals surface area contributed by atoms with E-state index in [1.54, 1.807) is 19.1 Å². The summed E-state index contributed by atoms with van der Waals surface area (Å²) < 4.78 is 10.7. The predicted octanol–water partition coefficient (Wildman–Crippen LogP) is 3.05. The molecule has 1 aromatic rings. The number of hydrogen-bond donors (Lipinski definition) is 1. The lowest BCUT2D eigenvalue weighted by atomic mass is 9.92. The van der Waals surface area contributed by atoms with Gasteiger partial charge < -0.3 is 14.8 Å². The summed E-state index contributed by atoms with van der Waals surface area (Å²) in [7, 11) is 0. The SMILES string of the molecule is CCOC(=O)C1NCCOCC1c1ccc(Cl)c(Cl)c1.Cl. The largest absolute Gasteiger partial charge is 0.465 e. The Labute approximate surface area is 140 Å². The second kappa shape index (κ2) is 8.81. The summed E-state index contributed by atoms with van der Waals surface area (Å²) in [5.74, 6) is -0.416. The highest BCUT2D eigenvalue weighted by molar-refractivity contribution is 6.42. The molecule has 0 spiro atoms. The van der Waals surface area contributed by atoms with Crippen molar-refractivity contribution >= 4 is 41.6 Å². The van der Waals surface area contributed by atoms with Crippen LogP contribution in [-0.4, -0.2) is 38.4 Å². The zero-order valence-corrected chi connectivity index (χ0v) is 13.9. The van der Waals surface area contributed by atoms with E-state index in [2.05, 4.69) is 5.32 Å². The summed E-state index contributed by atoms with van der Waals surface area (Å²) in [6.45, 7) is 3.76. The van der Waals surface area contributed by atoms with E-state index in [4.69, 9.17) is 32.7 Å². The molecule has 0 bridgehead atoms. The average Bonchev–Trinajstić information content (AvgIpc) is 2.68. The Morgan fingerprint density at radius 2 is 2.19 bits per heavy atom. The molecule has 2 unspecified atom stereocenters. The molecule has 1 aliphatic rings. The topological polar surface area (TPSA) is 47.6 Å². The smallest absolute Gasteiger partial charge is 0.323 e. The van der Waals surface area contributed by atoms with Gasteiger partial charge in [-0.25, -0.2) is 0 Å². The van der Waals surface area contributed by atoms with Gasteiger partial charge in [0.2, 0.25) is 0 Å². The normalized spacial score (nSPS) is 22.0. The molecular weight excluding hydrogens is 337 g/mol. The maximum Gasteiger partial charge on any atom is 0.323 e. The maximum absolute atomic E-state index is 12.1. The van der Waals surface area contributed by atoms with Crippen molar-refractivity contribution in [2.24, 2.45) is 0 Å². The first kappa shape index (κ1) is 18.5. The second-order valence-electron chi connectivity index (χ2n) is 4.54. The molecule has 0 radical (unpaired) electrons. The summed E-state index contributed by atoms with van der Waals surface area (Å²) in [5, 5.41) is 4.13. The van der Waals surface area contributed by atoms with E-state index in [-0.39, 0.29) is 24.3 Å². The van der Waals surface area contributed by atoms with Crippen molar-refractivity contribution in [1.29, 1.82) is 0 Å². The molecule has 1 saturated heterocycles. The van der Waals surface area contributed by atoms with E-state index < -0.39 is 6.04 Å². The molecule has 0 aromatic heterocycles. The number of hydrogen-bond acceptors (Lipinski definition) is 4. The van der Waals surface area contributed by atoms with Crippen LogP contribution in [0.5, 0.6) is 0 Å². The monoisotopic (exact) mass is 353 g/mol. The average molecular weight is 355 g/mol. The third kappa shape index (κ3) is 4.73. The van der Waals surface area contributed by atoms with Gasteiger partial charge >= 0.3 is 5.97 Å². The van der Waals surface area contributed by atoms with E-state index in [1.165, 1.54) is 0 Å². The minimum atomic E-state index is -0.435. The van der Waals surface area contributed by atoms with Crippen LogP contribution >= 0.6 is 35.6 Å². The van der Waals surface area contributed by atoms with Gasteiger partial charge in [0.15, 0.2) is 0 Å². The Balaban J connectivity index is 0.00000220. The first-order valence-corrected chi connectivity index (χ1v) is 7.31. The molecule has 4 nitrogen and oxygen atoms in total. The van der Waals surface area contributed by atoms with Gasteiger partial charge in [0.05, 0.1) is 29.9 Å². The van der Waals surface area contributed by atoms with Crippen LogP contribution in [-0.2, 0) is 14.3 Å². The molecule has 0 saturated carbocycles. The Bertz CT molecular complexity index is 485. The summed E-state index contributed by atoms with van der Waals surface area (Å²) in [5.41, 5.74) is 0.909. The lowest BCUT2D eigenvalue weighted by Gasteiger charge is -2.24. The molecule has 1 fully saturated rings. The van der Waals surface area contributed by atoms with E-state index in [9.17, 15) is 4.79 Å². The third-order valence-electron chi connectivity index (χ3n) is 3.22. The van der Waals surface area contributed by atoms with Crippen molar-refractivity contribution in [3.63, 3.8) is 0 Å². The van der Waals surface area contributed by atoms with Crippen LogP contribution in [0.15, 0.2) is 18.2 Å². The van der Waals surface area contributed by atoms with E-state index in [0.717, 1.165) is 5.56 Å². The van der Waals surface area contributed by atoms with Crippen LogP contribution in [0.2, 0.25) is 10.0 Å². The fourth-order valence-electron chi connectivity index (χ4n) is 2.25. The minimum Gasteiger partial charge on any atom is -0.465 e. The highest BCUT2D eigenvalue weighted by Crippen LogP contribution is 2.29. The molecule has 1 aromatic carbocycles. The predicted molar refractivity (Wildman–Crippen MR) is 85.7 cm³/mol. The van der Waals surface area contributed by atoms with E-state index in [0.29, 0.717) is 36.4 Å². The van der Waals surface area contributed by atoms with Crippen LogP contribution in [0.4, 0.5) is 0 Å². The van der Waals surface area contributed by atoms with Crippen LogP contribution in [0.1, 0.15) is 18.4 Å². The quantitative estimate of drug-likeness (QED) is 0.848. The van der Waals surface area contributed by atoms with Crippen LogP contribution in [0.25, 0.3) is 0 Å². The van der Waals surface area contributed by atoms with Gasteiger partial charge in [-0.2, -0.15) is 0 Å². The summed E-state index contributed by atoms with van der Waals surface area (Å²) in [6.07, 6.45) is 0. The number of rotatable bonds is 3. The molecule has 118 valence electrons. The van der Waals surface area contributed by atoms with Gasteiger partial charge in [-0.1, -0.05) is 29.3 Å². The lowest BCUT2D eigenvalue weighted by molar-refractivity contribution is -0.146.